The van der Waals surface area contributed by atoms with Crippen LogP contribution in [-0.2, 0) is 11.3 Å². The Morgan fingerprint density at radius 2 is 2.11 bits per heavy atom. The third-order valence-electron chi connectivity index (χ3n) is 2.61. The van der Waals surface area contributed by atoms with E-state index in [0.717, 1.165) is 37.6 Å². The van der Waals surface area contributed by atoms with E-state index in [0.29, 0.717) is 6.54 Å². The van der Waals surface area contributed by atoms with Crippen LogP contribution in [0.2, 0.25) is 0 Å². The summed E-state index contributed by atoms with van der Waals surface area (Å²) >= 11 is 0. The summed E-state index contributed by atoms with van der Waals surface area (Å²) in [5, 5.41) is 9.92. The van der Waals surface area contributed by atoms with Crippen LogP contribution in [0.5, 0.6) is 0 Å². The van der Waals surface area contributed by atoms with Gasteiger partial charge >= 0.3 is 0 Å². The zero-order chi connectivity index (χ0) is 13.6. The highest BCUT2D eigenvalue weighted by atomic mass is 16.5. The minimum Gasteiger partial charge on any atom is -0.465 e. The van der Waals surface area contributed by atoms with Gasteiger partial charge in [0.25, 0.3) is 0 Å². The highest BCUT2D eigenvalue weighted by molar-refractivity contribution is 5.05. The molecule has 0 spiro atoms. The molecule has 0 aliphatic heterocycles. The quantitative estimate of drug-likeness (QED) is 0.723. The van der Waals surface area contributed by atoms with E-state index in [4.69, 9.17) is 9.15 Å². The van der Waals surface area contributed by atoms with Crippen molar-refractivity contribution in [2.75, 3.05) is 26.8 Å². The Morgan fingerprint density at radius 1 is 1.39 bits per heavy atom. The molecule has 0 fully saturated rings. The van der Waals surface area contributed by atoms with E-state index in [-0.39, 0.29) is 0 Å². The smallest absolute Gasteiger partial charge is 0.118 e. The summed E-state index contributed by atoms with van der Waals surface area (Å²) in [6, 6.07) is 3.95. The molecule has 1 N–H and O–H groups in total. The Morgan fingerprint density at radius 3 is 2.61 bits per heavy atom. The largest absolute Gasteiger partial charge is 0.465 e. The van der Waals surface area contributed by atoms with Gasteiger partial charge in [0.15, 0.2) is 0 Å². The minimum absolute atomic E-state index is 0.621. The zero-order valence-corrected chi connectivity index (χ0v) is 11.9. The fourth-order valence-electron chi connectivity index (χ4n) is 1.98. The first kappa shape index (κ1) is 15.2. The Balaban J connectivity index is 2.53. The third-order valence-corrected chi connectivity index (χ3v) is 2.61. The predicted molar refractivity (Wildman–Crippen MR) is 71.5 cm³/mol. The molecule has 0 radical (unpaired) electrons. The first-order valence-corrected chi connectivity index (χ1v) is 6.40. The van der Waals surface area contributed by atoms with Gasteiger partial charge in [0.1, 0.15) is 11.5 Å². The average Bonchev–Trinajstić information content (AvgIpc) is 2.62. The van der Waals surface area contributed by atoms with Crippen molar-refractivity contribution in [2.24, 2.45) is 0 Å². The molecule has 1 aromatic rings. The predicted octanol–water partition coefficient (Wildman–Crippen LogP) is 2.20. The van der Waals surface area contributed by atoms with E-state index in [2.05, 4.69) is 4.90 Å². The topological polar surface area (TPSA) is 45.8 Å². The number of rotatable bonds is 8. The normalized spacial score (nSPS) is 12.3. The molecule has 0 atom stereocenters. The van der Waals surface area contributed by atoms with Crippen molar-refractivity contribution < 1.29 is 14.3 Å². The van der Waals surface area contributed by atoms with Gasteiger partial charge in [0, 0.05) is 26.8 Å². The van der Waals surface area contributed by atoms with Crippen LogP contribution in [0.3, 0.4) is 0 Å². The maximum Gasteiger partial charge on any atom is 0.118 e. The van der Waals surface area contributed by atoms with Crippen LogP contribution in [0.4, 0.5) is 0 Å². The van der Waals surface area contributed by atoms with Crippen molar-refractivity contribution >= 4 is 0 Å². The van der Waals surface area contributed by atoms with E-state index >= 15 is 0 Å². The van der Waals surface area contributed by atoms with Gasteiger partial charge in [-0.3, -0.25) is 4.90 Å². The molecule has 4 nitrogen and oxygen atoms in total. The van der Waals surface area contributed by atoms with Gasteiger partial charge in [0.05, 0.1) is 12.1 Å². The molecule has 4 heteroatoms. The Bertz CT molecular complexity index is 341. The van der Waals surface area contributed by atoms with Crippen LogP contribution in [0.25, 0.3) is 0 Å². The molecule has 0 saturated carbocycles. The molecule has 1 heterocycles. The highest BCUT2D eigenvalue weighted by Crippen LogP contribution is 2.13. The first-order chi connectivity index (χ1) is 8.40. The number of ether oxygens (including phenoxy) is 1. The molecule has 1 rings (SSSR count). The first-order valence-electron chi connectivity index (χ1n) is 6.40. The van der Waals surface area contributed by atoms with E-state index < -0.39 is 5.60 Å². The lowest BCUT2D eigenvalue weighted by atomic mass is 10.1. The maximum atomic E-state index is 9.92. The van der Waals surface area contributed by atoms with Gasteiger partial charge in [0.2, 0.25) is 0 Å². The molecule has 1 aromatic heterocycles. The Kier molecular flexibility index (Phi) is 5.85. The zero-order valence-electron chi connectivity index (χ0n) is 11.9. The van der Waals surface area contributed by atoms with Crippen molar-refractivity contribution in [1.82, 2.24) is 4.90 Å². The second kappa shape index (κ2) is 6.92. The Labute approximate surface area is 110 Å². The van der Waals surface area contributed by atoms with E-state index in [1.165, 1.54) is 0 Å². The lowest BCUT2D eigenvalue weighted by Crippen LogP contribution is -2.39. The molecule has 0 aliphatic rings. The van der Waals surface area contributed by atoms with Gasteiger partial charge in [-0.15, -0.1) is 0 Å². The molecular formula is C14H25NO3. The molecule has 0 amide bonds. The van der Waals surface area contributed by atoms with Gasteiger partial charge in [-0.2, -0.15) is 0 Å². The SMILES string of the molecule is COCCCN(Cc1ccc(C)o1)CC(C)(C)O. The number of nitrogens with zero attached hydrogens (tertiary/aromatic N) is 1. The second-order valence-electron chi connectivity index (χ2n) is 5.38. The van der Waals surface area contributed by atoms with Crippen molar-refractivity contribution in [3.05, 3.63) is 23.7 Å². The Hall–Kier alpha value is -0.840. The van der Waals surface area contributed by atoms with E-state index in [1.807, 2.05) is 32.9 Å². The minimum atomic E-state index is -0.700. The second-order valence-corrected chi connectivity index (χ2v) is 5.38. The third kappa shape index (κ3) is 6.19. The lowest BCUT2D eigenvalue weighted by Gasteiger charge is -2.28. The molecule has 0 aliphatic carbocycles. The van der Waals surface area contributed by atoms with Crippen molar-refractivity contribution in [3.8, 4) is 0 Å². The van der Waals surface area contributed by atoms with Crippen LogP contribution < -0.4 is 0 Å². The monoisotopic (exact) mass is 255 g/mol. The summed E-state index contributed by atoms with van der Waals surface area (Å²) in [7, 11) is 1.70. The van der Waals surface area contributed by atoms with Crippen LogP contribution in [0.15, 0.2) is 16.5 Å². The maximum absolute atomic E-state index is 9.92. The summed E-state index contributed by atoms with van der Waals surface area (Å²) in [6.07, 6.45) is 0.951. The van der Waals surface area contributed by atoms with Gasteiger partial charge in [-0.05, 0) is 39.3 Å². The van der Waals surface area contributed by atoms with Crippen LogP contribution in [-0.4, -0.2) is 42.4 Å². The number of aryl methyl sites for hydroxylation is 1. The summed E-state index contributed by atoms with van der Waals surface area (Å²) in [6.45, 7) is 8.55. The molecule has 104 valence electrons. The molecule has 0 unspecified atom stereocenters. The van der Waals surface area contributed by atoms with E-state index in [9.17, 15) is 5.11 Å². The van der Waals surface area contributed by atoms with Crippen molar-refractivity contribution in [1.29, 1.82) is 0 Å². The highest BCUT2D eigenvalue weighted by Gasteiger charge is 2.19. The number of furan rings is 1. The fraction of sp³-hybridized carbons (Fsp3) is 0.714. The van der Waals surface area contributed by atoms with E-state index in [1.54, 1.807) is 7.11 Å². The molecule has 0 aromatic carbocycles. The molecule has 0 saturated heterocycles. The number of aliphatic hydroxyl groups is 1. The molecule has 18 heavy (non-hydrogen) atoms. The van der Waals surface area contributed by atoms with Gasteiger partial charge in [-0.1, -0.05) is 0 Å². The van der Waals surface area contributed by atoms with Crippen LogP contribution >= 0.6 is 0 Å². The molecular weight excluding hydrogens is 230 g/mol. The molecule has 0 bridgehead atoms. The summed E-state index contributed by atoms with van der Waals surface area (Å²) < 4.78 is 10.6. The summed E-state index contributed by atoms with van der Waals surface area (Å²) in [4.78, 5) is 2.19. The van der Waals surface area contributed by atoms with Gasteiger partial charge in [-0.25, -0.2) is 0 Å². The number of methoxy groups -OCH3 is 1. The fourth-order valence-corrected chi connectivity index (χ4v) is 1.98. The average molecular weight is 255 g/mol. The van der Waals surface area contributed by atoms with Crippen LogP contribution in [0.1, 0.15) is 31.8 Å². The summed E-state index contributed by atoms with van der Waals surface area (Å²) in [5.41, 5.74) is -0.700. The van der Waals surface area contributed by atoms with Crippen molar-refractivity contribution in [2.45, 2.75) is 39.3 Å². The number of hydrogen-bond donors (Lipinski definition) is 1. The number of hydrogen-bond acceptors (Lipinski definition) is 4. The summed E-state index contributed by atoms with van der Waals surface area (Å²) in [5.74, 6) is 1.86. The standard InChI is InChI=1S/C14H25NO3/c1-12-6-7-13(18-12)10-15(8-5-9-17-4)11-14(2,3)16/h6-7,16H,5,8-11H2,1-4H3. The van der Waals surface area contributed by atoms with Crippen molar-refractivity contribution in [3.63, 3.8) is 0 Å². The van der Waals surface area contributed by atoms with Gasteiger partial charge < -0.3 is 14.3 Å². The van der Waals surface area contributed by atoms with Crippen LogP contribution in [0, 0.1) is 6.92 Å². The lowest BCUT2D eigenvalue weighted by molar-refractivity contribution is 0.0284.